The molecule has 1 N–H and O–H groups in total. The number of rotatable bonds is 5. The van der Waals surface area contributed by atoms with Crippen LogP contribution in [0.3, 0.4) is 0 Å². The molecule has 1 aromatic carbocycles. The van der Waals surface area contributed by atoms with E-state index >= 15 is 0 Å². The zero-order valence-electron chi connectivity index (χ0n) is 12.5. The van der Waals surface area contributed by atoms with Crippen molar-refractivity contribution in [1.29, 1.82) is 0 Å². The number of halogens is 3. The zero-order valence-corrected chi connectivity index (χ0v) is 14.9. The summed E-state index contributed by atoms with van der Waals surface area (Å²) < 4.78 is 41.6. The lowest BCUT2D eigenvalue weighted by Crippen LogP contribution is -2.17. The van der Waals surface area contributed by atoms with Crippen molar-refractivity contribution in [3.8, 4) is 5.82 Å². The monoisotopic (exact) mass is 400 g/mol. The Labute approximate surface area is 153 Å². The fourth-order valence-electron chi connectivity index (χ4n) is 2.12. The van der Waals surface area contributed by atoms with Gasteiger partial charge in [-0.1, -0.05) is 29.3 Å². The first-order valence-electron chi connectivity index (χ1n) is 6.92. The maximum atomic E-state index is 12.7. The number of nitrogens with one attached hydrogen (secondary N) is 1. The molecule has 0 radical (unpaired) electrons. The molecule has 2 heterocycles. The lowest BCUT2D eigenvalue weighted by atomic mass is 10.3. The maximum absolute atomic E-state index is 12.7. The standard InChI is InChI=1S/C15H11Cl2FN4O2S/c16-11-2-1-3-12(5-11)21-25(23,24)14-8-19-9-22(14)15-13(17)4-10(6-18)7-20-15/h1-5,7-9,21H,6H2. The molecule has 0 bridgehead atoms. The Morgan fingerprint density at radius 1 is 1.20 bits per heavy atom. The fourth-order valence-corrected chi connectivity index (χ4v) is 3.73. The first kappa shape index (κ1) is 17.7. The van der Waals surface area contributed by atoms with E-state index < -0.39 is 16.7 Å². The summed E-state index contributed by atoms with van der Waals surface area (Å²) in [6.45, 7) is -0.724. The molecule has 0 unspecified atom stereocenters. The second-order valence-electron chi connectivity index (χ2n) is 5.00. The van der Waals surface area contributed by atoms with Crippen molar-refractivity contribution in [2.24, 2.45) is 0 Å². The Morgan fingerprint density at radius 3 is 2.68 bits per heavy atom. The number of nitrogens with zero attached hydrogens (tertiary/aromatic N) is 3. The first-order valence-corrected chi connectivity index (χ1v) is 9.16. The maximum Gasteiger partial charge on any atom is 0.279 e. The summed E-state index contributed by atoms with van der Waals surface area (Å²) in [4.78, 5) is 7.88. The largest absolute Gasteiger partial charge is 0.279 e. The number of alkyl halides is 1. The van der Waals surface area contributed by atoms with E-state index in [-0.39, 0.29) is 21.4 Å². The van der Waals surface area contributed by atoms with Crippen LogP contribution in [0.25, 0.3) is 5.82 Å². The van der Waals surface area contributed by atoms with Gasteiger partial charge in [0.2, 0.25) is 0 Å². The van der Waals surface area contributed by atoms with Crippen LogP contribution in [0, 0.1) is 0 Å². The summed E-state index contributed by atoms with van der Waals surface area (Å²) >= 11 is 12.0. The van der Waals surface area contributed by atoms with Gasteiger partial charge in [-0.25, -0.2) is 14.4 Å². The average molecular weight is 401 g/mol. The Bertz CT molecular complexity index is 1020. The number of anilines is 1. The average Bonchev–Trinajstić information content (AvgIpc) is 3.04. The number of imidazole rings is 1. The highest BCUT2D eigenvalue weighted by atomic mass is 35.5. The van der Waals surface area contributed by atoms with Gasteiger partial charge < -0.3 is 0 Å². The summed E-state index contributed by atoms with van der Waals surface area (Å²) in [5, 5.41) is 0.322. The third-order valence-electron chi connectivity index (χ3n) is 3.22. The predicted molar refractivity (Wildman–Crippen MR) is 93.4 cm³/mol. The minimum atomic E-state index is -3.98. The van der Waals surface area contributed by atoms with Gasteiger partial charge in [-0.2, -0.15) is 8.42 Å². The normalized spacial score (nSPS) is 11.5. The zero-order chi connectivity index (χ0) is 18.0. The molecule has 10 heteroatoms. The highest BCUT2D eigenvalue weighted by Crippen LogP contribution is 2.25. The van der Waals surface area contributed by atoms with Crippen molar-refractivity contribution in [2.75, 3.05) is 4.72 Å². The predicted octanol–water partition coefficient (Wildman–Crippen LogP) is 3.84. The molecule has 6 nitrogen and oxygen atoms in total. The van der Waals surface area contributed by atoms with Crippen LogP contribution in [0.4, 0.5) is 10.1 Å². The van der Waals surface area contributed by atoms with Crippen LogP contribution in [0.15, 0.2) is 54.1 Å². The number of pyridine rings is 1. The lowest BCUT2D eigenvalue weighted by molar-refractivity contribution is 0.484. The highest BCUT2D eigenvalue weighted by Gasteiger charge is 2.22. The second kappa shape index (κ2) is 6.99. The van der Waals surface area contributed by atoms with Crippen LogP contribution in [0.1, 0.15) is 5.56 Å². The van der Waals surface area contributed by atoms with Crippen molar-refractivity contribution in [3.05, 3.63) is 64.7 Å². The molecule has 2 aromatic heterocycles. The van der Waals surface area contributed by atoms with E-state index in [4.69, 9.17) is 23.2 Å². The molecule has 0 atom stereocenters. The number of benzene rings is 1. The third kappa shape index (κ3) is 3.76. The van der Waals surface area contributed by atoms with Crippen molar-refractivity contribution < 1.29 is 12.8 Å². The van der Waals surface area contributed by atoms with Gasteiger partial charge in [0.1, 0.15) is 13.0 Å². The van der Waals surface area contributed by atoms with Crippen LogP contribution in [-0.2, 0) is 16.7 Å². The molecule has 0 aliphatic carbocycles. The minimum absolute atomic E-state index is 0.104. The summed E-state index contributed by atoms with van der Waals surface area (Å²) in [6.07, 6.45) is 3.70. The topological polar surface area (TPSA) is 76.9 Å². The van der Waals surface area contributed by atoms with Crippen molar-refractivity contribution >= 4 is 38.9 Å². The van der Waals surface area contributed by atoms with Gasteiger partial charge in [0.05, 0.1) is 16.9 Å². The van der Waals surface area contributed by atoms with E-state index in [1.807, 2.05) is 0 Å². The van der Waals surface area contributed by atoms with Gasteiger partial charge >= 0.3 is 0 Å². The van der Waals surface area contributed by atoms with E-state index in [9.17, 15) is 12.8 Å². The molecule has 0 fully saturated rings. The van der Waals surface area contributed by atoms with E-state index in [1.165, 1.54) is 29.2 Å². The Kier molecular flexibility index (Phi) is 4.94. The number of hydrogen-bond acceptors (Lipinski definition) is 4. The molecular weight excluding hydrogens is 390 g/mol. The quantitative estimate of drug-likeness (QED) is 0.705. The van der Waals surface area contributed by atoms with Gasteiger partial charge in [0, 0.05) is 16.8 Å². The summed E-state index contributed by atoms with van der Waals surface area (Å²) in [6, 6.07) is 7.66. The molecule has 0 amide bonds. The molecule has 130 valence electrons. The molecule has 3 rings (SSSR count). The molecule has 3 aromatic rings. The van der Waals surface area contributed by atoms with Crippen LogP contribution in [0.2, 0.25) is 10.0 Å². The summed E-state index contributed by atoms with van der Waals surface area (Å²) in [7, 11) is -3.98. The number of aromatic nitrogens is 3. The van der Waals surface area contributed by atoms with Crippen molar-refractivity contribution in [3.63, 3.8) is 0 Å². The van der Waals surface area contributed by atoms with E-state index in [0.29, 0.717) is 10.7 Å². The third-order valence-corrected chi connectivity index (χ3v) is 5.09. The summed E-state index contributed by atoms with van der Waals surface area (Å²) in [5.74, 6) is 0.128. The Morgan fingerprint density at radius 2 is 2.00 bits per heavy atom. The smallest absolute Gasteiger partial charge is 0.278 e. The molecule has 0 spiro atoms. The fraction of sp³-hybridized carbons (Fsp3) is 0.0667. The van der Waals surface area contributed by atoms with Crippen LogP contribution < -0.4 is 4.72 Å². The van der Waals surface area contributed by atoms with Gasteiger partial charge in [0.15, 0.2) is 10.8 Å². The second-order valence-corrected chi connectivity index (χ2v) is 7.47. The Hall–Kier alpha value is -2.16. The first-order chi connectivity index (χ1) is 11.9. The van der Waals surface area contributed by atoms with Crippen LogP contribution >= 0.6 is 23.2 Å². The van der Waals surface area contributed by atoms with E-state index in [1.54, 1.807) is 18.2 Å². The van der Waals surface area contributed by atoms with E-state index in [0.717, 1.165) is 6.20 Å². The molecule has 0 aliphatic rings. The Balaban J connectivity index is 2.01. The SMILES string of the molecule is O=S(=O)(Nc1cccc(Cl)c1)c1cncn1-c1ncc(CF)cc1Cl. The van der Waals surface area contributed by atoms with E-state index in [2.05, 4.69) is 14.7 Å². The number of hydrogen-bond donors (Lipinski definition) is 1. The van der Waals surface area contributed by atoms with Gasteiger partial charge in [-0.3, -0.25) is 9.29 Å². The van der Waals surface area contributed by atoms with Gasteiger partial charge in [-0.15, -0.1) is 0 Å². The summed E-state index contributed by atoms with van der Waals surface area (Å²) in [5.41, 5.74) is 0.586. The number of sulfonamides is 1. The molecule has 0 aliphatic heterocycles. The molecule has 0 saturated carbocycles. The van der Waals surface area contributed by atoms with Crippen molar-refractivity contribution in [2.45, 2.75) is 11.7 Å². The molecule has 0 saturated heterocycles. The van der Waals surface area contributed by atoms with Crippen LogP contribution in [-0.4, -0.2) is 23.0 Å². The van der Waals surface area contributed by atoms with Gasteiger partial charge in [-0.05, 0) is 24.3 Å². The van der Waals surface area contributed by atoms with Gasteiger partial charge in [0.25, 0.3) is 10.0 Å². The lowest BCUT2D eigenvalue weighted by Gasteiger charge is -2.12. The van der Waals surface area contributed by atoms with Crippen molar-refractivity contribution in [1.82, 2.24) is 14.5 Å². The van der Waals surface area contributed by atoms with Crippen LogP contribution in [0.5, 0.6) is 0 Å². The highest BCUT2D eigenvalue weighted by molar-refractivity contribution is 7.92. The molecular formula is C15H11Cl2FN4O2S. The molecule has 25 heavy (non-hydrogen) atoms. The minimum Gasteiger partial charge on any atom is -0.278 e.